The lowest BCUT2D eigenvalue weighted by atomic mass is 10.2. The van der Waals surface area contributed by atoms with Crippen LogP contribution in [0.15, 0.2) is 36.5 Å². The number of carbonyl (C=O) groups is 2. The molecule has 0 atom stereocenters. The van der Waals surface area contributed by atoms with Crippen LogP contribution in [0.4, 0.5) is 0 Å². The van der Waals surface area contributed by atoms with Crippen LogP contribution in [0.2, 0.25) is 0 Å². The highest BCUT2D eigenvalue weighted by molar-refractivity contribution is 5.97. The van der Waals surface area contributed by atoms with Gasteiger partial charge in [0.25, 0.3) is 5.91 Å². The first-order valence-corrected chi connectivity index (χ1v) is 5.07. The van der Waals surface area contributed by atoms with Crippen LogP contribution >= 0.6 is 0 Å². The quantitative estimate of drug-likeness (QED) is 0.607. The van der Waals surface area contributed by atoms with Gasteiger partial charge in [-0.05, 0) is 19.1 Å². The lowest BCUT2D eigenvalue weighted by molar-refractivity contribution is -0.137. The Morgan fingerprint density at radius 3 is 2.76 bits per heavy atom. The number of ether oxygens (including phenoxy) is 1. The van der Waals surface area contributed by atoms with E-state index in [0.29, 0.717) is 0 Å². The second-order valence-corrected chi connectivity index (χ2v) is 3.08. The summed E-state index contributed by atoms with van der Waals surface area (Å²) in [4.78, 5) is 22.4. The number of benzene rings is 1. The fourth-order valence-corrected chi connectivity index (χ4v) is 1.12. The minimum absolute atomic E-state index is 0.116. The monoisotopic (exact) mass is 235 g/mol. The summed E-state index contributed by atoms with van der Waals surface area (Å²) in [6, 6.07) is 6.12. The molecule has 1 aromatic rings. The lowest BCUT2D eigenvalue weighted by Crippen LogP contribution is -2.17. The van der Waals surface area contributed by atoms with Crippen LogP contribution in [0.1, 0.15) is 17.3 Å². The zero-order valence-corrected chi connectivity index (χ0v) is 9.34. The van der Waals surface area contributed by atoms with Gasteiger partial charge in [-0.3, -0.25) is 4.79 Å². The van der Waals surface area contributed by atoms with E-state index in [1.165, 1.54) is 18.3 Å². The molecule has 0 unspecified atom stereocenters. The number of hydrogen-bond donors (Lipinski definition) is 2. The van der Waals surface area contributed by atoms with Crippen molar-refractivity contribution in [3.63, 3.8) is 0 Å². The first-order chi connectivity index (χ1) is 8.15. The summed E-state index contributed by atoms with van der Waals surface area (Å²) >= 11 is 0. The lowest BCUT2D eigenvalue weighted by Gasteiger charge is -2.02. The molecule has 17 heavy (non-hydrogen) atoms. The molecule has 0 radical (unpaired) electrons. The molecule has 5 nitrogen and oxygen atoms in total. The number of hydrogen-bond acceptors (Lipinski definition) is 4. The predicted octanol–water partition coefficient (Wildman–Crippen LogP) is 1.20. The zero-order valence-electron chi connectivity index (χ0n) is 9.34. The third-order valence-corrected chi connectivity index (χ3v) is 1.87. The molecule has 0 saturated carbocycles. The summed E-state index contributed by atoms with van der Waals surface area (Å²) in [7, 11) is 0. The molecule has 2 N–H and O–H groups in total. The number of nitrogens with one attached hydrogen (secondary N) is 1. The molecule has 0 aliphatic carbocycles. The van der Waals surface area contributed by atoms with Gasteiger partial charge in [0.1, 0.15) is 5.75 Å². The molecule has 1 amide bonds. The highest BCUT2D eigenvalue weighted by Gasteiger charge is 2.07. The van der Waals surface area contributed by atoms with E-state index < -0.39 is 11.9 Å². The van der Waals surface area contributed by atoms with E-state index in [2.05, 4.69) is 10.1 Å². The van der Waals surface area contributed by atoms with Gasteiger partial charge < -0.3 is 15.2 Å². The van der Waals surface area contributed by atoms with E-state index in [9.17, 15) is 14.7 Å². The Labute approximate surface area is 98.7 Å². The molecule has 1 rings (SSSR count). The van der Waals surface area contributed by atoms with Crippen molar-refractivity contribution in [2.24, 2.45) is 0 Å². The Morgan fingerprint density at radius 2 is 2.12 bits per heavy atom. The molecule has 0 saturated heterocycles. The summed E-state index contributed by atoms with van der Waals surface area (Å²) in [6.07, 6.45) is 2.27. The summed E-state index contributed by atoms with van der Waals surface area (Å²) < 4.78 is 4.63. The molecule has 90 valence electrons. The SMILES string of the molecule is CCOC(=O)/C=C/NC(=O)c1ccccc1O. The Bertz CT molecular complexity index is 440. The normalized spacial score (nSPS) is 10.2. The third kappa shape index (κ3) is 3.98. The standard InChI is InChI=1S/C12H13NO4/c1-2-17-11(15)7-8-13-12(16)9-5-3-4-6-10(9)14/h3-8,14H,2H2,1H3,(H,13,16)/b8-7+. The predicted molar refractivity (Wildman–Crippen MR) is 61.3 cm³/mol. The van der Waals surface area contributed by atoms with E-state index >= 15 is 0 Å². The van der Waals surface area contributed by atoms with Gasteiger partial charge in [-0.15, -0.1) is 0 Å². The number of rotatable bonds is 4. The molecular formula is C12H13NO4. The minimum atomic E-state index is -0.537. The van der Waals surface area contributed by atoms with Crippen molar-refractivity contribution in [1.29, 1.82) is 0 Å². The largest absolute Gasteiger partial charge is 0.507 e. The van der Waals surface area contributed by atoms with E-state index in [-0.39, 0.29) is 17.9 Å². The first-order valence-electron chi connectivity index (χ1n) is 5.07. The maximum Gasteiger partial charge on any atom is 0.332 e. The highest BCUT2D eigenvalue weighted by Crippen LogP contribution is 2.14. The van der Waals surface area contributed by atoms with Crippen molar-refractivity contribution < 1.29 is 19.4 Å². The zero-order chi connectivity index (χ0) is 12.7. The summed E-state index contributed by atoms with van der Waals surface area (Å²) in [5.41, 5.74) is 0.140. The van der Waals surface area contributed by atoms with Gasteiger partial charge in [-0.25, -0.2) is 4.79 Å². The van der Waals surface area contributed by atoms with Crippen molar-refractivity contribution in [3.8, 4) is 5.75 Å². The summed E-state index contributed by atoms with van der Waals surface area (Å²) in [5.74, 6) is -1.15. The highest BCUT2D eigenvalue weighted by atomic mass is 16.5. The van der Waals surface area contributed by atoms with Crippen LogP contribution in [-0.2, 0) is 9.53 Å². The number of esters is 1. The number of carbonyl (C=O) groups excluding carboxylic acids is 2. The van der Waals surface area contributed by atoms with Gasteiger partial charge >= 0.3 is 5.97 Å². The van der Waals surface area contributed by atoms with Crippen molar-refractivity contribution in [2.45, 2.75) is 6.92 Å². The Morgan fingerprint density at radius 1 is 1.41 bits per heavy atom. The number of amides is 1. The van der Waals surface area contributed by atoms with Gasteiger partial charge in [0, 0.05) is 12.3 Å². The van der Waals surface area contributed by atoms with E-state index in [0.717, 1.165) is 6.08 Å². The maximum absolute atomic E-state index is 11.5. The second-order valence-electron chi connectivity index (χ2n) is 3.08. The smallest absolute Gasteiger partial charge is 0.332 e. The fourth-order valence-electron chi connectivity index (χ4n) is 1.12. The maximum atomic E-state index is 11.5. The minimum Gasteiger partial charge on any atom is -0.507 e. The molecular weight excluding hydrogens is 222 g/mol. The Hall–Kier alpha value is -2.30. The Balaban J connectivity index is 2.56. The molecule has 0 bridgehead atoms. The molecule has 0 aliphatic rings. The molecule has 0 aliphatic heterocycles. The van der Waals surface area contributed by atoms with Crippen LogP contribution in [0.5, 0.6) is 5.75 Å². The number of phenols is 1. The van der Waals surface area contributed by atoms with Gasteiger partial charge in [0.05, 0.1) is 12.2 Å². The van der Waals surface area contributed by atoms with Crippen molar-refractivity contribution >= 4 is 11.9 Å². The number of para-hydroxylation sites is 1. The van der Waals surface area contributed by atoms with E-state index in [1.54, 1.807) is 19.1 Å². The summed E-state index contributed by atoms with van der Waals surface area (Å²) in [5, 5.41) is 11.7. The average molecular weight is 235 g/mol. The van der Waals surface area contributed by atoms with Gasteiger partial charge in [0.15, 0.2) is 0 Å². The molecule has 1 aromatic carbocycles. The topological polar surface area (TPSA) is 75.6 Å². The second kappa shape index (κ2) is 6.32. The summed E-state index contributed by atoms with van der Waals surface area (Å²) in [6.45, 7) is 1.96. The van der Waals surface area contributed by atoms with Crippen molar-refractivity contribution in [2.75, 3.05) is 6.61 Å². The molecule has 5 heteroatoms. The van der Waals surface area contributed by atoms with Crippen LogP contribution in [0, 0.1) is 0 Å². The Kier molecular flexibility index (Phi) is 4.75. The molecule has 0 heterocycles. The van der Waals surface area contributed by atoms with Crippen LogP contribution in [-0.4, -0.2) is 23.6 Å². The van der Waals surface area contributed by atoms with Crippen LogP contribution in [0.25, 0.3) is 0 Å². The first kappa shape index (κ1) is 12.8. The van der Waals surface area contributed by atoms with Crippen molar-refractivity contribution in [1.82, 2.24) is 5.32 Å². The van der Waals surface area contributed by atoms with Gasteiger partial charge in [-0.2, -0.15) is 0 Å². The van der Waals surface area contributed by atoms with Crippen LogP contribution in [0.3, 0.4) is 0 Å². The van der Waals surface area contributed by atoms with Gasteiger partial charge in [0.2, 0.25) is 0 Å². The fraction of sp³-hybridized carbons (Fsp3) is 0.167. The van der Waals surface area contributed by atoms with E-state index in [1.807, 2.05) is 0 Å². The molecule has 0 aromatic heterocycles. The number of aromatic hydroxyl groups is 1. The van der Waals surface area contributed by atoms with Crippen LogP contribution < -0.4 is 5.32 Å². The molecule has 0 fully saturated rings. The molecule has 0 spiro atoms. The van der Waals surface area contributed by atoms with Crippen molar-refractivity contribution in [3.05, 3.63) is 42.1 Å². The number of phenolic OH excluding ortho intramolecular Hbond substituents is 1. The average Bonchev–Trinajstić information content (AvgIpc) is 2.29. The van der Waals surface area contributed by atoms with Gasteiger partial charge in [-0.1, -0.05) is 12.1 Å². The third-order valence-electron chi connectivity index (χ3n) is 1.87. The van der Waals surface area contributed by atoms with E-state index in [4.69, 9.17) is 0 Å².